The van der Waals surface area contributed by atoms with Crippen LogP contribution in [0.25, 0.3) is 0 Å². The molecule has 80 heavy (non-hydrogen) atoms. The first-order chi connectivity index (χ1) is 37.5. The minimum absolute atomic E-state index is 0.0174. The molecular weight excluding hydrogens is 1070 g/mol. The van der Waals surface area contributed by atoms with Crippen LogP contribution in [0.15, 0.2) is 115 Å². The van der Waals surface area contributed by atoms with Crippen molar-refractivity contribution in [3.8, 4) is 0 Å². The predicted molar refractivity (Wildman–Crippen MR) is 294 cm³/mol. The molecule has 4 aliphatic rings. The van der Waals surface area contributed by atoms with E-state index in [1.807, 2.05) is 47.4 Å². The monoisotopic (exact) mass is 1140 g/mol. The van der Waals surface area contributed by atoms with Gasteiger partial charge >= 0.3 is 30.1 Å². The maximum absolute atomic E-state index is 12.4. The van der Waals surface area contributed by atoms with Crippen molar-refractivity contribution in [2.45, 2.75) is 112 Å². The third kappa shape index (κ3) is 27.0. The van der Waals surface area contributed by atoms with Gasteiger partial charge in [-0.2, -0.15) is 13.2 Å². The van der Waals surface area contributed by atoms with E-state index in [0.717, 1.165) is 70.0 Å². The number of likely N-dealkylation sites (tertiary alicyclic amines) is 3. The zero-order valence-corrected chi connectivity index (χ0v) is 46.9. The van der Waals surface area contributed by atoms with Gasteiger partial charge in [-0.25, -0.2) is 14.4 Å². The van der Waals surface area contributed by atoms with E-state index >= 15 is 0 Å². The molecular formula is C59H74ClF3N4O13. The zero-order chi connectivity index (χ0) is 60.1. The van der Waals surface area contributed by atoms with E-state index in [-0.39, 0.29) is 46.1 Å². The molecule has 4 fully saturated rings. The number of hydrogen-bond acceptors (Lipinski definition) is 12. The second-order valence-corrected chi connectivity index (χ2v) is 21.1. The lowest BCUT2D eigenvalue weighted by atomic mass is 9.95. The first-order valence-corrected chi connectivity index (χ1v) is 26.6. The summed E-state index contributed by atoms with van der Waals surface area (Å²) < 4.78 is 36.5. The Balaban J connectivity index is 0.000000351. The summed E-state index contributed by atoms with van der Waals surface area (Å²) in [6.07, 6.45) is 10.4. The average Bonchev–Trinajstić information content (AvgIpc) is 3.43. The second kappa shape index (κ2) is 34.6. The molecule has 0 atom stereocenters. The van der Waals surface area contributed by atoms with E-state index in [9.17, 15) is 56.3 Å². The number of aliphatic carboxylic acids is 1. The van der Waals surface area contributed by atoms with Crippen molar-refractivity contribution in [3.63, 3.8) is 0 Å². The molecule has 3 aromatic rings. The lowest BCUT2D eigenvalue weighted by Gasteiger charge is -2.31. The molecule has 7 rings (SSSR count). The molecule has 3 N–H and O–H groups in total. The number of nitrogens with zero attached hydrogens (tertiary/aromatic N) is 3. The maximum atomic E-state index is 12.4. The molecule has 0 bridgehead atoms. The fraction of sp³-hybridized carbons (Fsp3) is 0.458. The molecule has 0 aliphatic carbocycles. The molecule has 4 saturated heterocycles. The highest BCUT2D eigenvalue weighted by Crippen LogP contribution is 2.22. The van der Waals surface area contributed by atoms with Crippen LogP contribution >= 0.6 is 11.6 Å². The summed E-state index contributed by atoms with van der Waals surface area (Å²) in [6, 6.07) is 26.1. The Morgan fingerprint density at radius 1 is 0.575 bits per heavy atom. The number of halogens is 4. The van der Waals surface area contributed by atoms with Gasteiger partial charge in [0.15, 0.2) is 0 Å². The Hall–Kier alpha value is -7.32. The number of carboxylic acids is 2. The second-order valence-electron chi connectivity index (χ2n) is 20.8. The van der Waals surface area contributed by atoms with Gasteiger partial charge in [0, 0.05) is 50.0 Å². The molecule has 4 aliphatic heterocycles. The number of hydrogen-bond donors (Lipinski definition) is 3. The lowest BCUT2D eigenvalue weighted by Crippen LogP contribution is -2.39. The van der Waals surface area contributed by atoms with Gasteiger partial charge in [0.25, 0.3) is 17.7 Å². The topological polar surface area (TPSA) is 242 Å². The summed E-state index contributed by atoms with van der Waals surface area (Å²) >= 11 is 5.11. The number of carboxylic acid groups (broad SMARTS) is 2. The number of alkyl halides is 3. The quantitative estimate of drug-likeness (QED) is 0.0863. The van der Waals surface area contributed by atoms with Crippen molar-refractivity contribution in [3.05, 3.63) is 132 Å². The number of imide groups is 2. The van der Waals surface area contributed by atoms with Gasteiger partial charge in [0.05, 0.1) is 16.5 Å². The van der Waals surface area contributed by atoms with Gasteiger partial charge in [-0.3, -0.25) is 43.4 Å². The molecule has 0 spiro atoms. The number of amides is 5. The van der Waals surface area contributed by atoms with Gasteiger partial charge < -0.3 is 25.2 Å². The third-order valence-electron chi connectivity index (χ3n) is 12.1. The standard InChI is InChI=1S/C20H24N2O3.C13H20N2O2.C12H14O3.C7H6O2.C5H9ClO.C2HF3O2/c23-18-8-4-5-13-22(18)19(24)10-9-16-11-14-21(15-12-16)20(25)17-6-2-1-3-7-17;16-12-3-1-2-10-15(12)13(17)5-4-11-6-8-14-9-7-11;1-12(2,3)11(14)15-10(13)9-7-5-4-6-8-9;8-7(9)6-4-2-1-3-5-6;1-5(2,3)4(6)7;3-2(4,5)1(6)7/h1-3,6-7,9-10,16H,4-5,8,11-15H2;4-5,11,14H,1-3,6-10H2;4-8H,1-3H3;1-5H,(H,8,9);1-3H3;(H,6,7)/b10-9+;5-4+;;;;. The Labute approximate surface area is 470 Å². The summed E-state index contributed by atoms with van der Waals surface area (Å²) in [5, 5.41) is 18.5. The van der Waals surface area contributed by atoms with E-state index < -0.39 is 35.5 Å². The van der Waals surface area contributed by atoms with Crippen molar-refractivity contribution in [1.29, 1.82) is 0 Å². The number of carbonyl (C=O) groups is 10. The van der Waals surface area contributed by atoms with Crippen LogP contribution in [0.1, 0.15) is 137 Å². The van der Waals surface area contributed by atoms with Gasteiger partial charge in [0.1, 0.15) is 0 Å². The van der Waals surface area contributed by atoms with Crippen LogP contribution in [-0.2, 0) is 38.3 Å². The lowest BCUT2D eigenvalue weighted by molar-refractivity contribution is -0.192. The minimum Gasteiger partial charge on any atom is -0.478 e. The average molecular weight is 1140 g/mol. The highest BCUT2D eigenvalue weighted by atomic mass is 35.5. The fourth-order valence-electron chi connectivity index (χ4n) is 7.24. The molecule has 5 amide bonds. The number of benzene rings is 3. The Bertz CT molecular complexity index is 2550. The van der Waals surface area contributed by atoms with Crippen molar-refractivity contribution >= 4 is 70.3 Å². The molecule has 0 aromatic heterocycles. The number of allylic oxidation sites excluding steroid dienone is 2. The molecule has 4 heterocycles. The van der Waals surface area contributed by atoms with Gasteiger partial charge in [0.2, 0.25) is 17.1 Å². The number of carbonyl (C=O) groups excluding carboxylic acids is 8. The summed E-state index contributed by atoms with van der Waals surface area (Å²) in [4.78, 5) is 117. The SMILES string of the molecule is CC(C)(C)C(=O)Cl.CC(C)(C)C(=O)OC(=O)c1ccccc1.O=C(/C=C/C1CCNCC1)N1CCCCC1=O.O=C(O)C(F)(F)F.O=C(O)c1ccccc1.O=C(c1ccccc1)N1CCC(/C=C/C(=O)N2CCCCC2=O)CC1. The summed E-state index contributed by atoms with van der Waals surface area (Å²) in [5.74, 6) is -4.34. The molecule has 3 aromatic carbocycles. The highest BCUT2D eigenvalue weighted by molar-refractivity contribution is 6.64. The Kier molecular flexibility index (Phi) is 29.8. The zero-order valence-electron chi connectivity index (χ0n) is 46.2. The van der Waals surface area contributed by atoms with Crippen molar-refractivity contribution < 1.29 is 76.1 Å². The van der Waals surface area contributed by atoms with Crippen molar-refractivity contribution in [2.75, 3.05) is 39.3 Å². The van der Waals surface area contributed by atoms with Crippen molar-refractivity contribution in [2.24, 2.45) is 22.7 Å². The summed E-state index contributed by atoms with van der Waals surface area (Å²) in [6.45, 7) is 15.0. The van der Waals surface area contributed by atoms with Gasteiger partial charge in [-0.15, -0.1) is 0 Å². The van der Waals surface area contributed by atoms with E-state index in [0.29, 0.717) is 56.1 Å². The number of esters is 2. The van der Waals surface area contributed by atoms with Crippen LogP contribution in [-0.4, -0.2) is 129 Å². The van der Waals surface area contributed by atoms with Crippen LogP contribution in [0.5, 0.6) is 0 Å². The maximum Gasteiger partial charge on any atom is 0.490 e. The van der Waals surface area contributed by atoms with Gasteiger partial charge in [-0.1, -0.05) is 87.5 Å². The van der Waals surface area contributed by atoms with E-state index in [1.54, 1.807) is 114 Å². The molecule has 0 radical (unpaired) electrons. The van der Waals surface area contributed by atoms with Crippen molar-refractivity contribution in [1.82, 2.24) is 20.0 Å². The molecule has 436 valence electrons. The smallest absolute Gasteiger partial charge is 0.478 e. The first kappa shape index (κ1) is 68.8. The number of ether oxygens (including phenoxy) is 1. The van der Waals surface area contributed by atoms with Crippen LogP contribution in [0.4, 0.5) is 13.2 Å². The van der Waals surface area contributed by atoms with Gasteiger partial charge in [-0.05, 0) is 157 Å². The third-order valence-corrected chi connectivity index (χ3v) is 12.7. The van der Waals surface area contributed by atoms with E-state index in [2.05, 4.69) is 5.32 Å². The van der Waals surface area contributed by atoms with E-state index in [4.69, 9.17) is 31.3 Å². The Morgan fingerprint density at radius 3 is 1.29 bits per heavy atom. The summed E-state index contributed by atoms with van der Waals surface area (Å²) in [5.41, 5.74) is 0.398. The molecule has 0 unspecified atom stereocenters. The predicted octanol–water partition coefficient (Wildman–Crippen LogP) is 9.95. The first-order valence-electron chi connectivity index (χ1n) is 26.2. The van der Waals surface area contributed by atoms with E-state index in [1.165, 1.54) is 9.80 Å². The van der Waals surface area contributed by atoms with Crippen LogP contribution < -0.4 is 5.32 Å². The number of rotatable bonds is 7. The molecule has 21 heteroatoms. The van der Waals surface area contributed by atoms with Crippen LogP contribution in [0.3, 0.4) is 0 Å². The summed E-state index contributed by atoms with van der Waals surface area (Å²) in [7, 11) is 0. The molecule has 17 nitrogen and oxygen atoms in total. The Morgan fingerprint density at radius 2 is 0.950 bits per heavy atom. The fourth-order valence-corrected chi connectivity index (χ4v) is 7.24. The molecule has 0 saturated carbocycles. The minimum atomic E-state index is -5.08. The number of aromatic carboxylic acids is 1. The largest absolute Gasteiger partial charge is 0.490 e. The normalized spacial score (nSPS) is 16.1. The van der Waals surface area contributed by atoms with Crippen LogP contribution in [0, 0.1) is 22.7 Å². The highest BCUT2D eigenvalue weighted by Gasteiger charge is 2.38. The number of nitrogens with one attached hydrogen (secondary N) is 1. The number of piperidine rings is 4. The van der Waals surface area contributed by atoms with Crippen LogP contribution in [0.2, 0.25) is 0 Å².